The maximum absolute atomic E-state index is 13.4. The quantitative estimate of drug-likeness (QED) is 0.0636. The Morgan fingerprint density at radius 3 is 2.51 bits per heavy atom. The van der Waals surface area contributed by atoms with Crippen LogP contribution in [0.15, 0.2) is 54.5 Å². The number of nitrogens with two attached hydrogens (primary N) is 2. The number of ether oxygens (including phenoxy) is 1. The van der Waals surface area contributed by atoms with Crippen molar-refractivity contribution < 1.29 is 9.53 Å². The molecule has 0 radical (unpaired) electrons. The zero-order chi connectivity index (χ0) is 28.5. The second-order valence-electron chi connectivity index (χ2n) is 10.6. The molecule has 2 fully saturated rings. The summed E-state index contributed by atoms with van der Waals surface area (Å²) in [5.74, 6) is 7.44. The second-order valence-corrected chi connectivity index (χ2v) is 11.2. The molecule has 0 aliphatic heterocycles. The molecule has 10 heteroatoms. The van der Waals surface area contributed by atoms with Crippen LogP contribution in [0, 0.1) is 18.3 Å². The van der Waals surface area contributed by atoms with Crippen molar-refractivity contribution in [2.75, 3.05) is 35.5 Å². The molecule has 0 unspecified atom stereocenters. The average molecular weight is 550 g/mol. The Morgan fingerprint density at radius 2 is 1.92 bits per heavy atom. The third-order valence-electron chi connectivity index (χ3n) is 7.54. The van der Waals surface area contributed by atoms with E-state index < -0.39 is 0 Å². The zero-order valence-electron chi connectivity index (χ0n) is 23.4. The monoisotopic (exact) mass is 549 g/mol. The number of nitrogens with zero attached hydrogens (tertiary/aromatic N) is 2. The van der Waals surface area contributed by atoms with Gasteiger partial charge >= 0.3 is 0 Å². The van der Waals surface area contributed by atoms with Crippen LogP contribution in [-0.2, 0) is 5.41 Å². The molecule has 0 saturated heterocycles. The molecule has 39 heavy (non-hydrogen) atoms. The van der Waals surface area contributed by atoms with E-state index in [9.17, 15) is 4.79 Å². The number of amides is 1. The topological polar surface area (TPSA) is 133 Å². The number of carbonyl (C=O) groups excluding carboxylic acids is 1. The molecular weight excluding hydrogens is 510 g/mol. The van der Waals surface area contributed by atoms with E-state index in [0.29, 0.717) is 39.9 Å². The van der Waals surface area contributed by atoms with E-state index >= 15 is 0 Å². The first-order valence-corrected chi connectivity index (χ1v) is 14.2. The van der Waals surface area contributed by atoms with Crippen LogP contribution in [0.5, 0.6) is 5.75 Å². The molecular formula is C29H39N7O2S. The molecule has 0 bridgehead atoms. The van der Waals surface area contributed by atoms with Crippen molar-refractivity contribution in [2.24, 2.45) is 17.5 Å². The zero-order valence-corrected chi connectivity index (χ0v) is 24.2. The van der Waals surface area contributed by atoms with Gasteiger partial charge in [-0.05, 0) is 73.4 Å². The summed E-state index contributed by atoms with van der Waals surface area (Å²) in [6.45, 7) is 8.18. The fourth-order valence-electron chi connectivity index (χ4n) is 4.44. The van der Waals surface area contributed by atoms with Crippen molar-refractivity contribution in [3.63, 3.8) is 0 Å². The van der Waals surface area contributed by atoms with Crippen LogP contribution in [0.4, 0.5) is 17.1 Å². The minimum atomic E-state index is -0.282. The van der Waals surface area contributed by atoms with Gasteiger partial charge in [0.15, 0.2) is 5.75 Å². The Morgan fingerprint density at radius 1 is 1.26 bits per heavy atom. The number of hydrogen-bond donors (Lipinski definition) is 5. The highest BCUT2D eigenvalue weighted by Crippen LogP contribution is 2.51. The predicted octanol–water partition coefficient (Wildman–Crippen LogP) is 5.31. The van der Waals surface area contributed by atoms with Gasteiger partial charge in [-0.3, -0.25) is 15.2 Å². The fourth-order valence-corrected chi connectivity index (χ4v) is 4.81. The first-order valence-electron chi connectivity index (χ1n) is 12.9. The summed E-state index contributed by atoms with van der Waals surface area (Å²) in [5, 5.41) is 12.7. The summed E-state index contributed by atoms with van der Waals surface area (Å²) in [6.07, 6.45) is 7.76. The Bertz CT molecular complexity index is 1330. The van der Waals surface area contributed by atoms with Gasteiger partial charge in [0.25, 0.3) is 5.91 Å². The van der Waals surface area contributed by atoms with Crippen LogP contribution in [0.2, 0.25) is 0 Å². The number of carbonyl (C=O) groups is 1. The molecule has 4 rings (SSSR count). The minimum absolute atomic E-state index is 0.110. The highest BCUT2D eigenvalue weighted by molar-refractivity contribution is 7.99. The van der Waals surface area contributed by atoms with Gasteiger partial charge in [-0.15, -0.1) is 0 Å². The largest absolute Gasteiger partial charge is 0.492 e. The molecule has 0 spiro atoms. The number of benzene rings is 2. The highest BCUT2D eigenvalue weighted by Gasteiger charge is 2.40. The lowest BCUT2D eigenvalue weighted by Crippen LogP contribution is -2.32. The van der Waals surface area contributed by atoms with E-state index in [4.69, 9.17) is 21.7 Å². The summed E-state index contributed by atoms with van der Waals surface area (Å²) in [6, 6.07) is 9.44. The van der Waals surface area contributed by atoms with Crippen LogP contribution in [0.3, 0.4) is 0 Å². The van der Waals surface area contributed by atoms with Gasteiger partial charge < -0.3 is 25.4 Å². The Balaban J connectivity index is 1.57. The third kappa shape index (κ3) is 6.17. The number of anilines is 3. The summed E-state index contributed by atoms with van der Waals surface area (Å²) >= 11 is 1.47. The molecule has 9 nitrogen and oxygen atoms in total. The number of hydrazine groups is 1. The summed E-state index contributed by atoms with van der Waals surface area (Å²) in [4.78, 5) is 15.1. The normalized spacial score (nSPS) is 15.8. The van der Waals surface area contributed by atoms with Crippen LogP contribution < -0.4 is 31.4 Å². The average Bonchev–Trinajstić information content (AvgIpc) is 3.84. The Hall–Kier alpha value is -3.63. The summed E-state index contributed by atoms with van der Waals surface area (Å²) in [5.41, 5.74) is 11.8. The van der Waals surface area contributed by atoms with E-state index in [-0.39, 0.29) is 17.2 Å². The fraction of sp³-hybridized carbons (Fsp3) is 0.379. The van der Waals surface area contributed by atoms with E-state index in [1.165, 1.54) is 17.0 Å². The lowest BCUT2D eigenvalue weighted by molar-refractivity contribution is 0.102. The molecule has 2 aromatic rings. The molecule has 2 saturated carbocycles. The van der Waals surface area contributed by atoms with E-state index in [2.05, 4.69) is 29.6 Å². The van der Waals surface area contributed by atoms with Gasteiger partial charge in [-0.2, -0.15) is 0 Å². The van der Waals surface area contributed by atoms with Crippen molar-refractivity contribution >= 4 is 40.8 Å². The van der Waals surface area contributed by atoms with Crippen molar-refractivity contribution in [1.82, 2.24) is 4.90 Å². The van der Waals surface area contributed by atoms with Gasteiger partial charge in [0.1, 0.15) is 5.84 Å². The van der Waals surface area contributed by atoms with Crippen molar-refractivity contribution in [3.8, 4) is 5.75 Å². The predicted molar refractivity (Wildman–Crippen MR) is 162 cm³/mol. The van der Waals surface area contributed by atoms with Gasteiger partial charge in [0, 0.05) is 31.0 Å². The van der Waals surface area contributed by atoms with E-state index in [0.717, 1.165) is 42.5 Å². The second kappa shape index (κ2) is 11.2. The number of likely N-dealkylation sites (N-methyl/N-ethyl adjacent to an activating group) is 1. The van der Waals surface area contributed by atoms with Crippen LogP contribution >= 0.6 is 11.9 Å². The van der Waals surface area contributed by atoms with E-state index in [1.54, 1.807) is 37.4 Å². The summed E-state index contributed by atoms with van der Waals surface area (Å²) < 4.78 is 8.97. The number of nitrogens with one attached hydrogen (secondary N) is 3. The van der Waals surface area contributed by atoms with Crippen molar-refractivity contribution in [3.05, 3.63) is 71.2 Å². The first-order chi connectivity index (χ1) is 18.5. The smallest absolute Gasteiger partial charge is 0.255 e. The maximum Gasteiger partial charge on any atom is 0.255 e. The molecule has 208 valence electrons. The Labute approximate surface area is 235 Å². The number of aryl methyl sites for hydroxylation is 1. The molecule has 0 heterocycles. The molecule has 2 aliphatic carbocycles. The lowest BCUT2D eigenvalue weighted by Gasteiger charge is -2.24. The molecule has 2 aromatic carbocycles. The van der Waals surface area contributed by atoms with Crippen LogP contribution in [0.25, 0.3) is 0 Å². The number of amidine groups is 1. The van der Waals surface area contributed by atoms with Crippen LogP contribution in [-0.4, -0.2) is 37.1 Å². The highest BCUT2D eigenvalue weighted by atomic mass is 32.2. The maximum atomic E-state index is 13.4. The third-order valence-corrected chi connectivity index (χ3v) is 7.97. The van der Waals surface area contributed by atoms with E-state index in [1.807, 2.05) is 25.3 Å². The molecule has 2 aliphatic rings. The van der Waals surface area contributed by atoms with Gasteiger partial charge in [0.05, 0.1) is 35.6 Å². The SMILES string of the molecule is C=C(/C(N)=C/N(N)c1cc(C(=O)Nc2cc(C3(C)CC3)cc(NSC)c2OC)ccc1C)N(C)C(=N)C1CC1. The van der Waals surface area contributed by atoms with Gasteiger partial charge in [-0.25, -0.2) is 5.84 Å². The van der Waals surface area contributed by atoms with Crippen molar-refractivity contribution in [2.45, 2.75) is 44.9 Å². The molecule has 1 amide bonds. The van der Waals surface area contributed by atoms with Gasteiger partial charge in [0.2, 0.25) is 0 Å². The number of methoxy groups -OCH3 is 1. The number of hydrogen-bond acceptors (Lipinski definition) is 8. The molecule has 0 atom stereocenters. The Kier molecular flexibility index (Phi) is 8.17. The first kappa shape index (κ1) is 28.4. The van der Waals surface area contributed by atoms with Gasteiger partial charge in [-0.1, -0.05) is 31.5 Å². The molecule has 7 N–H and O–H groups in total. The summed E-state index contributed by atoms with van der Waals surface area (Å²) in [7, 11) is 3.38. The standard InChI is InChI=1S/C29H39N7O2S/c1-17-7-8-20(13-25(17)36(32)16-22(30)18(2)35(4)27(31)19-9-10-19)28(37)33-23-14-21(29(3)11-12-29)15-24(34-39-6)26(23)38-5/h7-8,13-16,19,31,34H,2,9-12,30,32H2,1,3-6H3,(H,33,37)/b22-16-,31-27?. The molecule has 0 aromatic heterocycles. The minimum Gasteiger partial charge on any atom is -0.492 e. The number of rotatable bonds is 11. The van der Waals surface area contributed by atoms with Crippen molar-refractivity contribution in [1.29, 1.82) is 5.41 Å². The van der Waals surface area contributed by atoms with Crippen LogP contribution in [0.1, 0.15) is 54.1 Å². The lowest BCUT2D eigenvalue weighted by atomic mass is 9.96.